The highest BCUT2D eigenvalue weighted by molar-refractivity contribution is 5.87. The number of nitrogens with one attached hydrogen (secondary N) is 1. The summed E-state index contributed by atoms with van der Waals surface area (Å²) in [6.45, 7) is 3.44. The largest absolute Gasteiger partial charge is 0.492 e. The zero-order chi connectivity index (χ0) is 24.0. The van der Waals surface area contributed by atoms with Gasteiger partial charge in [0.1, 0.15) is 24.7 Å². The van der Waals surface area contributed by atoms with Crippen LogP contribution in [0.15, 0.2) is 72.8 Å². The van der Waals surface area contributed by atoms with Crippen molar-refractivity contribution in [2.24, 2.45) is 5.73 Å². The summed E-state index contributed by atoms with van der Waals surface area (Å²) >= 11 is 0. The van der Waals surface area contributed by atoms with E-state index in [0.717, 1.165) is 56.8 Å². The predicted octanol–water partition coefficient (Wildman–Crippen LogP) is 5.40. The first-order valence-electron chi connectivity index (χ1n) is 11.6. The number of H-pyrrole nitrogens is 1. The van der Waals surface area contributed by atoms with Crippen molar-refractivity contribution in [1.82, 2.24) is 25.6 Å². The molecule has 3 N–H and O–H groups in total. The molecule has 5 aromatic rings. The van der Waals surface area contributed by atoms with Gasteiger partial charge in [0, 0.05) is 29.3 Å². The van der Waals surface area contributed by atoms with Crippen molar-refractivity contribution < 1.29 is 9.47 Å². The monoisotopic (exact) mass is 538 g/mol. The van der Waals surface area contributed by atoms with Crippen LogP contribution in [0.25, 0.3) is 33.4 Å². The predicted molar refractivity (Wildman–Crippen MR) is 150 cm³/mol. The zero-order valence-electron chi connectivity index (χ0n) is 20.3. The molecule has 0 saturated carbocycles. The Kier molecular flexibility index (Phi) is 9.79. The van der Waals surface area contributed by atoms with E-state index in [9.17, 15) is 0 Å². The van der Waals surface area contributed by atoms with Gasteiger partial charge in [-0.25, -0.2) is 0 Å². The number of aryl methyl sites for hydroxylation is 1. The molecule has 0 saturated heterocycles. The Hall–Kier alpha value is -3.72. The number of nitrogens with two attached hydrogens (primary N) is 1. The van der Waals surface area contributed by atoms with Crippen LogP contribution in [0, 0.1) is 0 Å². The number of benzene rings is 3. The fraction of sp³-hybridized carbons (Fsp3) is 0.185. The minimum atomic E-state index is 0. The number of aromatic nitrogens is 5. The Bertz CT molecular complexity index is 1430. The highest BCUT2D eigenvalue weighted by Gasteiger charge is 2.12. The molecule has 0 unspecified atom stereocenters. The lowest BCUT2D eigenvalue weighted by atomic mass is 9.98. The molecule has 5 rings (SSSR count). The van der Waals surface area contributed by atoms with E-state index in [2.05, 4.69) is 57.9 Å². The summed E-state index contributed by atoms with van der Waals surface area (Å²) in [5, 5.41) is 15.4. The maximum absolute atomic E-state index is 6.28. The average molecular weight is 539 g/mol. The first-order chi connectivity index (χ1) is 17.2. The van der Waals surface area contributed by atoms with E-state index in [1.54, 1.807) is 0 Å². The van der Waals surface area contributed by atoms with Gasteiger partial charge in [0.05, 0.1) is 5.52 Å². The Balaban J connectivity index is 0.00000190. The number of tetrazole rings is 1. The van der Waals surface area contributed by atoms with E-state index in [1.807, 2.05) is 42.5 Å². The number of aromatic amines is 1. The summed E-state index contributed by atoms with van der Waals surface area (Å²) in [6, 6.07) is 24.2. The molecule has 0 fully saturated rings. The maximum Gasteiger partial charge on any atom is 0.205 e. The molecule has 192 valence electrons. The van der Waals surface area contributed by atoms with E-state index in [0.29, 0.717) is 25.6 Å². The van der Waals surface area contributed by atoms with Gasteiger partial charge in [-0.2, -0.15) is 5.21 Å². The van der Waals surface area contributed by atoms with Crippen LogP contribution >= 0.6 is 24.8 Å². The minimum Gasteiger partial charge on any atom is -0.492 e. The number of hydrogen-bond donors (Lipinski definition) is 2. The van der Waals surface area contributed by atoms with Crippen LogP contribution in [0.2, 0.25) is 0 Å². The number of ether oxygens (including phenoxy) is 2. The molecule has 0 spiro atoms. The normalized spacial score (nSPS) is 10.4. The van der Waals surface area contributed by atoms with Crippen molar-refractivity contribution >= 4 is 35.7 Å². The van der Waals surface area contributed by atoms with Crippen molar-refractivity contribution in [3.8, 4) is 34.0 Å². The van der Waals surface area contributed by atoms with Gasteiger partial charge in [0.15, 0.2) is 0 Å². The van der Waals surface area contributed by atoms with E-state index >= 15 is 0 Å². The van der Waals surface area contributed by atoms with Crippen LogP contribution in [-0.4, -0.2) is 38.8 Å². The second kappa shape index (κ2) is 13.0. The van der Waals surface area contributed by atoms with E-state index in [4.69, 9.17) is 20.2 Å². The lowest BCUT2D eigenvalue weighted by Gasteiger charge is -2.13. The van der Waals surface area contributed by atoms with Gasteiger partial charge in [-0.05, 0) is 46.5 Å². The van der Waals surface area contributed by atoms with Crippen LogP contribution in [0.1, 0.15) is 18.2 Å². The second-order valence-electron chi connectivity index (χ2n) is 8.05. The Morgan fingerprint density at radius 3 is 2.38 bits per heavy atom. The highest BCUT2D eigenvalue weighted by atomic mass is 35.5. The fourth-order valence-corrected chi connectivity index (χ4v) is 3.94. The molecule has 0 aliphatic heterocycles. The molecule has 8 nitrogen and oxygen atoms in total. The third kappa shape index (κ3) is 6.35. The first kappa shape index (κ1) is 27.9. The van der Waals surface area contributed by atoms with E-state index in [-0.39, 0.29) is 24.8 Å². The molecule has 2 aromatic heterocycles. The average Bonchev–Trinajstić information content (AvgIpc) is 3.45. The SMILES string of the molecule is CCc1cc(OCc2ccc(-c3ccccc3-c3nn[nH]n3)cc2)c2cc(OCCN)ccc2n1.Cl.Cl. The maximum atomic E-state index is 6.28. The standard InChI is InChI=1S/C27H26N6O2.2ClH/c1-2-20-15-26(24-16-21(34-14-13-28)11-12-25(24)29-20)35-17-18-7-9-19(10-8-18)22-5-3-4-6-23(22)27-30-32-33-31-27;;/h3-12,15-16H,2,13-14,17,28H2,1H3,(H,30,31,32,33);2*1H. The van der Waals surface area contributed by atoms with Crippen molar-refractivity contribution in [2.75, 3.05) is 13.2 Å². The molecular weight excluding hydrogens is 511 g/mol. The van der Waals surface area contributed by atoms with Crippen LogP contribution in [0.4, 0.5) is 0 Å². The number of halogens is 2. The third-order valence-electron chi connectivity index (χ3n) is 5.72. The van der Waals surface area contributed by atoms with Gasteiger partial charge in [-0.1, -0.05) is 55.5 Å². The number of fused-ring (bicyclic) bond motifs is 1. The van der Waals surface area contributed by atoms with Crippen molar-refractivity contribution in [3.63, 3.8) is 0 Å². The molecule has 0 radical (unpaired) electrons. The Morgan fingerprint density at radius 1 is 0.892 bits per heavy atom. The number of pyridine rings is 1. The number of hydrogen-bond acceptors (Lipinski definition) is 7. The third-order valence-corrected chi connectivity index (χ3v) is 5.72. The van der Waals surface area contributed by atoms with Gasteiger partial charge in [0.2, 0.25) is 5.82 Å². The minimum absolute atomic E-state index is 0. The highest BCUT2D eigenvalue weighted by Crippen LogP contribution is 2.32. The number of rotatable bonds is 9. The second-order valence-corrected chi connectivity index (χ2v) is 8.05. The molecule has 0 aliphatic carbocycles. The van der Waals surface area contributed by atoms with Gasteiger partial charge >= 0.3 is 0 Å². The zero-order valence-corrected chi connectivity index (χ0v) is 21.9. The molecule has 0 amide bonds. The summed E-state index contributed by atoms with van der Waals surface area (Å²) in [5.74, 6) is 2.11. The molecule has 10 heteroatoms. The summed E-state index contributed by atoms with van der Waals surface area (Å²) in [6.07, 6.45) is 0.826. The molecule has 0 aliphatic rings. The lowest BCUT2D eigenvalue weighted by Crippen LogP contribution is -2.10. The van der Waals surface area contributed by atoms with Crippen LogP contribution in [0.5, 0.6) is 11.5 Å². The van der Waals surface area contributed by atoms with Gasteiger partial charge in [-0.3, -0.25) is 4.98 Å². The lowest BCUT2D eigenvalue weighted by molar-refractivity contribution is 0.309. The Morgan fingerprint density at radius 2 is 1.68 bits per heavy atom. The summed E-state index contributed by atoms with van der Waals surface area (Å²) in [4.78, 5) is 4.73. The first-order valence-corrected chi connectivity index (χ1v) is 11.6. The molecule has 0 atom stereocenters. The summed E-state index contributed by atoms with van der Waals surface area (Å²) < 4.78 is 12.0. The smallest absolute Gasteiger partial charge is 0.205 e. The quantitative estimate of drug-likeness (QED) is 0.258. The van der Waals surface area contributed by atoms with Crippen molar-refractivity contribution in [3.05, 3.63) is 84.1 Å². The number of nitrogens with zero attached hydrogens (tertiary/aromatic N) is 4. The molecule has 3 aromatic carbocycles. The van der Waals surface area contributed by atoms with Crippen LogP contribution in [0.3, 0.4) is 0 Å². The summed E-state index contributed by atoms with van der Waals surface area (Å²) in [5.41, 5.74) is 11.5. The van der Waals surface area contributed by atoms with E-state index < -0.39 is 0 Å². The fourth-order valence-electron chi connectivity index (χ4n) is 3.94. The molecule has 2 heterocycles. The van der Waals surface area contributed by atoms with Crippen molar-refractivity contribution in [1.29, 1.82) is 0 Å². The Labute approximate surface area is 227 Å². The van der Waals surface area contributed by atoms with Crippen LogP contribution in [-0.2, 0) is 13.0 Å². The summed E-state index contributed by atoms with van der Waals surface area (Å²) in [7, 11) is 0. The van der Waals surface area contributed by atoms with Crippen molar-refractivity contribution in [2.45, 2.75) is 20.0 Å². The van der Waals surface area contributed by atoms with E-state index in [1.165, 1.54) is 0 Å². The van der Waals surface area contributed by atoms with Gasteiger partial charge in [-0.15, -0.1) is 35.0 Å². The van der Waals surface area contributed by atoms with Gasteiger partial charge in [0.25, 0.3) is 0 Å². The van der Waals surface area contributed by atoms with Gasteiger partial charge < -0.3 is 15.2 Å². The molecule has 37 heavy (non-hydrogen) atoms. The topological polar surface area (TPSA) is 112 Å². The molecular formula is C27H28Cl2N6O2. The van der Waals surface area contributed by atoms with Crippen LogP contribution < -0.4 is 15.2 Å². The molecule has 0 bridgehead atoms.